The molecule has 7 nitrogen and oxygen atoms in total. The largest absolute Gasteiger partial charge is 0.487 e. The number of benzene rings is 3. The van der Waals surface area contributed by atoms with Crippen molar-refractivity contribution < 1.29 is 23.8 Å². The number of aliphatic hydroxyl groups excluding tert-OH is 1. The Balaban J connectivity index is 1.02. The van der Waals surface area contributed by atoms with Crippen LogP contribution < -0.4 is 4.74 Å². The van der Waals surface area contributed by atoms with Crippen molar-refractivity contribution in [3.8, 4) is 5.75 Å². The van der Waals surface area contributed by atoms with Gasteiger partial charge in [-0.2, -0.15) is 0 Å². The molecule has 0 spiro atoms. The van der Waals surface area contributed by atoms with Crippen molar-refractivity contribution in [2.24, 2.45) is 0 Å². The molecular formula is C31H34N2O5. The fourth-order valence-corrected chi connectivity index (χ4v) is 5.63. The average molecular weight is 515 g/mol. The summed E-state index contributed by atoms with van der Waals surface area (Å²) in [5.41, 5.74) is 1.94. The number of hydrogen-bond acceptors (Lipinski definition) is 6. The lowest BCUT2D eigenvalue weighted by Gasteiger charge is -2.33. The highest BCUT2D eigenvalue weighted by molar-refractivity contribution is 5.97. The normalized spacial score (nSPS) is 18.2. The molecule has 2 saturated heterocycles. The Kier molecular flexibility index (Phi) is 7.31. The highest BCUT2D eigenvalue weighted by Crippen LogP contribution is 2.31. The van der Waals surface area contributed by atoms with Crippen molar-refractivity contribution in [3.05, 3.63) is 78.1 Å². The number of carbonyl (C=O) groups is 1. The molecule has 1 atom stereocenters. The molecule has 1 aromatic heterocycles. The zero-order valence-electron chi connectivity index (χ0n) is 21.6. The van der Waals surface area contributed by atoms with E-state index < -0.39 is 6.10 Å². The number of para-hydroxylation sites is 1. The van der Waals surface area contributed by atoms with Gasteiger partial charge in [-0.15, -0.1) is 0 Å². The summed E-state index contributed by atoms with van der Waals surface area (Å²) >= 11 is 0. The molecule has 3 heterocycles. The molecule has 2 aliphatic heterocycles. The van der Waals surface area contributed by atoms with Gasteiger partial charge in [-0.25, -0.2) is 0 Å². The van der Waals surface area contributed by atoms with Crippen LogP contribution in [0, 0.1) is 0 Å². The monoisotopic (exact) mass is 514 g/mol. The van der Waals surface area contributed by atoms with E-state index in [9.17, 15) is 9.90 Å². The third kappa shape index (κ3) is 5.41. The maximum Gasteiger partial charge on any atom is 0.289 e. The number of likely N-dealkylation sites (tertiary alicyclic amines) is 1. The maximum absolute atomic E-state index is 12.8. The Labute approximate surface area is 222 Å². The van der Waals surface area contributed by atoms with Crippen molar-refractivity contribution >= 4 is 27.6 Å². The van der Waals surface area contributed by atoms with Gasteiger partial charge in [0, 0.05) is 25.0 Å². The minimum Gasteiger partial charge on any atom is -0.487 e. The van der Waals surface area contributed by atoms with Gasteiger partial charge in [-0.3, -0.25) is 4.79 Å². The number of β-amino-alcohol motifs (C(OH)–C–C–N with tert-alkyl or cyclic N) is 1. The van der Waals surface area contributed by atoms with E-state index in [-0.39, 0.29) is 12.5 Å². The van der Waals surface area contributed by atoms with Gasteiger partial charge in [0.25, 0.3) is 5.91 Å². The zero-order chi connectivity index (χ0) is 25.9. The molecule has 6 rings (SSSR count). The van der Waals surface area contributed by atoms with Gasteiger partial charge in [0.1, 0.15) is 12.7 Å². The number of piperidine rings is 1. The molecule has 0 bridgehead atoms. The molecule has 7 heteroatoms. The molecular weight excluding hydrogens is 480 g/mol. The van der Waals surface area contributed by atoms with E-state index in [1.165, 1.54) is 16.3 Å². The standard InChI is InChI=1S/C31H34N2O5/c34-27(20-32-12-10-23(11-13-32)25-9-8-22-4-1-2-5-24(22)18-25)21-37-28-7-3-6-26-19-29(38-30(26)28)31(35)33-14-16-36-17-15-33/h1-9,18-19,23,27,34H,10-17,20-21H2. The molecule has 198 valence electrons. The quantitative estimate of drug-likeness (QED) is 0.386. The summed E-state index contributed by atoms with van der Waals surface area (Å²) in [6, 6.07) is 22.7. The van der Waals surface area contributed by atoms with E-state index in [2.05, 4.69) is 47.4 Å². The third-order valence-electron chi connectivity index (χ3n) is 7.75. The van der Waals surface area contributed by atoms with Gasteiger partial charge in [0.2, 0.25) is 0 Å². The smallest absolute Gasteiger partial charge is 0.289 e. The fourth-order valence-electron chi connectivity index (χ4n) is 5.63. The number of aliphatic hydroxyl groups is 1. The van der Waals surface area contributed by atoms with Crippen LogP contribution >= 0.6 is 0 Å². The lowest BCUT2D eigenvalue weighted by atomic mass is 9.88. The van der Waals surface area contributed by atoms with E-state index in [1.54, 1.807) is 11.0 Å². The van der Waals surface area contributed by atoms with Crippen LogP contribution in [0.1, 0.15) is 34.9 Å². The molecule has 3 aromatic carbocycles. The van der Waals surface area contributed by atoms with Gasteiger partial charge in [-0.1, -0.05) is 54.6 Å². The number of rotatable bonds is 7. The number of ether oxygens (including phenoxy) is 2. The van der Waals surface area contributed by atoms with Crippen LogP contribution in [0.15, 0.2) is 71.1 Å². The highest BCUT2D eigenvalue weighted by atomic mass is 16.5. The minimum atomic E-state index is -0.619. The summed E-state index contributed by atoms with van der Waals surface area (Å²) in [5.74, 6) is 1.25. The topological polar surface area (TPSA) is 75.4 Å². The predicted octanol–water partition coefficient (Wildman–Crippen LogP) is 4.68. The van der Waals surface area contributed by atoms with Crippen LogP contribution in [0.4, 0.5) is 0 Å². The predicted molar refractivity (Wildman–Crippen MR) is 147 cm³/mol. The van der Waals surface area contributed by atoms with Crippen molar-refractivity contribution in [2.75, 3.05) is 52.5 Å². The number of amides is 1. The number of carbonyl (C=O) groups excluding carboxylic acids is 1. The van der Waals surface area contributed by atoms with E-state index >= 15 is 0 Å². The van der Waals surface area contributed by atoms with Crippen LogP contribution in [0.2, 0.25) is 0 Å². The van der Waals surface area contributed by atoms with E-state index in [0.29, 0.717) is 55.9 Å². The summed E-state index contributed by atoms with van der Waals surface area (Å²) < 4.78 is 17.2. The Bertz CT molecular complexity index is 1400. The zero-order valence-corrected chi connectivity index (χ0v) is 21.6. The van der Waals surface area contributed by atoms with Crippen molar-refractivity contribution in [3.63, 3.8) is 0 Å². The summed E-state index contributed by atoms with van der Waals surface area (Å²) in [6.07, 6.45) is 1.54. The molecule has 0 radical (unpaired) electrons. The Morgan fingerprint density at radius 1 is 0.921 bits per heavy atom. The van der Waals surface area contributed by atoms with Gasteiger partial charge in [-0.05, 0) is 60.3 Å². The van der Waals surface area contributed by atoms with E-state index in [0.717, 1.165) is 31.3 Å². The van der Waals surface area contributed by atoms with Crippen LogP contribution in [0.3, 0.4) is 0 Å². The average Bonchev–Trinajstić information content (AvgIpc) is 3.41. The summed E-state index contributed by atoms with van der Waals surface area (Å²) in [6.45, 7) is 4.84. The first-order valence-electron chi connectivity index (χ1n) is 13.6. The van der Waals surface area contributed by atoms with Crippen LogP contribution in [0.25, 0.3) is 21.7 Å². The summed E-state index contributed by atoms with van der Waals surface area (Å²) in [4.78, 5) is 16.9. The fraction of sp³-hybridized carbons (Fsp3) is 0.387. The Morgan fingerprint density at radius 3 is 2.50 bits per heavy atom. The number of morpholine rings is 1. The van der Waals surface area contributed by atoms with Gasteiger partial charge >= 0.3 is 0 Å². The first kappa shape index (κ1) is 24.9. The lowest BCUT2D eigenvalue weighted by Crippen LogP contribution is -2.40. The van der Waals surface area contributed by atoms with Gasteiger partial charge < -0.3 is 28.8 Å². The minimum absolute atomic E-state index is 0.137. The summed E-state index contributed by atoms with van der Waals surface area (Å²) in [5, 5.41) is 14.1. The van der Waals surface area contributed by atoms with E-state index in [4.69, 9.17) is 13.9 Å². The molecule has 4 aromatic rings. The molecule has 1 N–H and O–H groups in total. The van der Waals surface area contributed by atoms with E-state index in [1.807, 2.05) is 18.2 Å². The number of hydrogen-bond donors (Lipinski definition) is 1. The second-order valence-corrected chi connectivity index (χ2v) is 10.3. The number of furan rings is 1. The molecule has 0 saturated carbocycles. The van der Waals surface area contributed by atoms with Crippen LogP contribution in [-0.4, -0.2) is 79.5 Å². The Hall–Kier alpha value is -3.39. The molecule has 0 aliphatic carbocycles. The van der Waals surface area contributed by atoms with Crippen molar-refractivity contribution in [1.82, 2.24) is 9.80 Å². The first-order valence-corrected chi connectivity index (χ1v) is 13.6. The van der Waals surface area contributed by atoms with Gasteiger partial charge in [0.15, 0.2) is 17.1 Å². The maximum atomic E-state index is 12.8. The van der Waals surface area contributed by atoms with Gasteiger partial charge in [0.05, 0.1) is 13.2 Å². The lowest BCUT2D eigenvalue weighted by molar-refractivity contribution is 0.0284. The van der Waals surface area contributed by atoms with Crippen molar-refractivity contribution in [2.45, 2.75) is 24.9 Å². The first-order chi connectivity index (χ1) is 18.6. The van der Waals surface area contributed by atoms with Crippen molar-refractivity contribution in [1.29, 1.82) is 0 Å². The van der Waals surface area contributed by atoms with Crippen LogP contribution in [0.5, 0.6) is 5.75 Å². The second kappa shape index (κ2) is 11.2. The molecule has 1 amide bonds. The summed E-state index contributed by atoms with van der Waals surface area (Å²) in [7, 11) is 0. The second-order valence-electron chi connectivity index (χ2n) is 10.3. The van der Waals surface area contributed by atoms with Crippen LogP contribution in [-0.2, 0) is 4.74 Å². The molecule has 1 unspecified atom stereocenters. The molecule has 2 aliphatic rings. The highest BCUT2D eigenvalue weighted by Gasteiger charge is 2.24. The molecule has 38 heavy (non-hydrogen) atoms. The third-order valence-corrected chi connectivity index (χ3v) is 7.75. The number of nitrogens with zero attached hydrogens (tertiary/aromatic N) is 2. The SMILES string of the molecule is O=C(c1cc2cccc(OCC(O)CN3CCC(c4ccc5ccccc5c4)CC3)c2o1)N1CCOCC1. The number of fused-ring (bicyclic) bond motifs is 2. The Morgan fingerprint density at radius 2 is 1.68 bits per heavy atom. The molecule has 2 fully saturated rings.